The third kappa shape index (κ3) is 4.49. The van der Waals surface area contributed by atoms with Crippen LogP contribution in [0.1, 0.15) is 49.6 Å². The molecule has 1 fully saturated rings. The Hall–Kier alpha value is -2.07. The van der Waals surface area contributed by atoms with Gasteiger partial charge in [0.1, 0.15) is 11.6 Å². The highest BCUT2D eigenvalue weighted by Crippen LogP contribution is 2.25. The summed E-state index contributed by atoms with van der Waals surface area (Å²) in [5.41, 5.74) is 4.24. The average molecular weight is 487 g/mol. The first-order valence-corrected chi connectivity index (χ1v) is 10.9. The fourth-order valence-corrected chi connectivity index (χ4v) is 4.36. The van der Waals surface area contributed by atoms with E-state index in [-0.39, 0.29) is 17.5 Å². The molecule has 4 nitrogen and oxygen atoms in total. The van der Waals surface area contributed by atoms with Crippen molar-refractivity contribution < 1.29 is 4.79 Å². The molecule has 1 aromatic carbocycles. The lowest BCUT2D eigenvalue weighted by atomic mass is 9.86. The summed E-state index contributed by atoms with van der Waals surface area (Å²) in [6.07, 6.45) is 6.20. The number of halogens is 1. The number of hydrogen-bond donors (Lipinski definition) is 1. The Morgan fingerprint density at radius 1 is 1.25 bits per heavy atom. The Morgan fingerprint density at radius 3 is 2.57 bits per heavy atom. The molecule has 0 aliphatic heterocycles. The summed E-state index contributed by atoms with van der Waals surface area (Å²) in [5.74, 6) is 0.198. The smallest absolute Gasteiger partial charge is 0.262 e. The maximum absolute atomic E-state index is 12.7. The van der Waals surface area contributed by atoms with Crippen LogP contribution in [0, 0.1) is 34.7 Å². The van der Waals surface area contributed by atoms with Crippen molar-refractivity contribution in [2.75, 3.05) is 0 Å². The van der Waals surface area contributed by atoms with Crippen molar-refractivity contribution in [1.29, 1.82) is 5.26 Å². The van der Waals surface area contributed by atoms with Gasteiger partial charge < -0.3 is 9.88 Å². The molecule has 5 heteroatoms. The number of aryl methyl sites for hydroxylation is 1. The highest BCUT2D eigenvalue weighted by Gasteiger charge is 2.24. The van der Waals surface area contributed by atoms with Crippen LogP contribution in [-0.4, -0.2) is 16.5 Å². The van der Waals surface area contributed by atoms with Gasteiger partial charge in [-0.05, 0) is 97.2 Å². The van der Waals surface area contributed by atoms with Gasteiger partial charge in [0.05, 0.1) is 0 Å². The van der Waals surface area contributed by atoms with Crippen LogP contribution in [0.15, 0.2) is 35.9 Å². The minimum atomic E-state index is -0.264. The van der Waals surface area contributed by atoms with Crippen LogP contribution in [-0.2, 0) is 4.79 Å². The Labute approximate surface area is 180 Å². The van der Waals surface area contributed by atoms with Crippen molar-refractivity contribution in [3.63, 3.8) is 0 Å². The summed E-state index contributed by atoms with van der Waals surface area (Å²) in [7, 11) is 0. The number of nitriles is 1. The van der Waals surface area contributed by atoms with Crippen molar-refractivity contribution in [1.82, 2.24) is 9.88 Å². The van der Waals surface area contributed by atoms with Gasteiger partial charge in [0.25, 0.3) is 5.91 Å². The summed E-state index contributed by atoms with van der Waals surface area (Å²) >= 11 is 2.29. The van der Waals surface area contributed by atoms with Crippen LogP contribution in [0.3, 0.4) is 0 Å². The summed E-state index contributed by atoms with van der Waals surface area (Å²) in [4.78, 5) is 12.7. The number of rotatable bonds is 4. The van der Waals surface area contributed by atoms with E-state index in [0.717, 1.165) is 41.9 Å². The number of hydrogen-bond acceptors (Lipinski definition) is 2. The van der Waals surface area contributed by atoms with E-state index in [1.165, 1.54) is 9.99 Å². The van der Waals surface area contributed by atoms with Crippen LogP contribution in [0.4, 0.5) is 0 Å². The predicted molar refractivity (Wildman–Crippen MR) is 121 cm³/mol. The van der Waals surface area contributed by atoms with Crippen molar-refractivity contribution in [2.45, 2.75) is 52.5 Å². The zero-order valence-corrected chi connectivity index (χ0v) is 18.8. The number of amides is 1. The van der Waals surface area contributed by atoms with Crippen LogP contribution in [0.2, 0.25) is 0 Å². The molecule has 1 amide bonds. The SMILES string of the molecule is Cc1cc(/C=C(\C#N)C(=O)N[C@@H]2CCCC[C@@H]2C)c(C)n1-c1ccc(I)cc1. The zero-order chi connectivity index (χ0) is 20.3. The molecule has 1 heterocycles. The van der Waals surface area contributed by atoms with Gasteiger partial charge >= 0.3 is 0 Å². The molecule has 1 aliphatic carbocycles. The third-order valence-electron chi connectivity index (χ3n) is 5.65. The van der Waals surface area contributed by atoms with Gasteiger partial charge in [-0.2, -0.15) is 5.26 Å². The molecule has 0 saturated heterocycles. The highest BCUT2D eigenvalue weighted by atomic mass is 127. The standard InChI is InChI=1S/C23H26IN3O/c1-15-6-4-5-7-22(15)26-23(28)19(14-25)13-18-12-16(2)27(17(18)3)21-10-8-20(24)9-11-21/h8-13,15,22H,4-7H2,1-3H3,(H,26,28)/b19-13+/t15-,22+/m0/s1. The summed E-state index contributed by atoms with van der Waals surface area (Å²) in [5, 5.41) is 12.7. The third-order valence-corrected chi connectivity index (χ3v) is 6.37. The normalized spacial score (nSPS) is 19.9. The Balaban J connectivity index is 1.86. The molecule has 0 unspecified atom stereocenters. The molecular formula is C23H26IN3O. The predicted octanol–water partition coefficient (Wildman–Crippen LogP) is 5.30. The number of aromatic nitrogens is 1. The number of carbonyl (C=O) groups excluding carboxylic acids is 1. The molecule has 146 valence electrons. The second kappa shape index (κ2) is 8.95. The lowest BCUT2D eigenvalue weighted by molar-refractivity contribution is -0.118. The number of nitrogens with zero attached hydrogens (tertiary/aromatic N) is 2. The minimum Gasteiger partial charge on any atom is -0.348 e. The monoisotopic (exact) mass is 487 g/mol. The lowest BCUT2D eigenvalue weighted by Gasteiger charge is -2.29. The quantitative estimate of drug-likeness (QED) is 0.362. The second-order valence-corrected chi connectivity index (χ2v) is 8.90. The number of carbonyl (C=O) groups is 1. The van der Waals surface area contributed by atoms with Gasteiger partial charge in [-0.25, -0.2) is 0 Å². The first-order valence-electron chi connectivity index (χ1n) is 9.78. The van der Waals surface area contributed by atoms with E-state index in [2.05, 4.69) is 69.7 Å². The van der Waals surface area contributed by atoms with Crippen LogP contribution in [0.5, 0.6) is 0 Å². The van der Waals surface area contributed by atoms with Gasteiger partial charge in [-0.3, -0.25) is 4.79 Å². The molecule has 1 saturated carbocycles. The van der Waals surface area contributed by atoms with Gasteiger partial charge in [-0.15, -0.1) is 0 Å². The van der Waals surface area contributed by atoms with Crippen molar-refractivity contribution in [2.24, 2.45) is 5.92 Å². The first kappa shape index (κ1) is 20.7. The molecule has 0 spiro atoms. The van der Waals surface area contributed by atoms with Crippen LogP contribution < -0.4 is 5.32 Å². The molecule has 0 radical (unpaired) electrons. The van der Waals surface area contributed by atoms with E-state index >= 15 is 0 Å². The van der Waals surface area contributed by atoms with E-state index < -0.39 is 0 Å². The van der Waals surface area contributed by atoms with Gasteiger partial charge in [0.2, 0.25) is 0 Å². The molecule has 2 aromatic rings. The van der Waals surface area contributed by atoms with E-state index in [9.17, 15) is 10.1 Å². The summed E-state index contributed by atoms with van der Waals surface area (Å²) in [6.45, 7) is 6.24. The molecule has 0 bridgehead atoms. The van der Waals surface area contributed by atoms with Crippen LogP contribution in [0.25, 0.3) is 11.8 Å². The second-order valence-electron chi connectivity index (χ2n) is 7.65. The fourth-order valence-electron chi connectivity index (χ4n) is 4.00. The molecule has 28 heavy (non-hydrogen) atoms. The zero-order valence-electron chi connectivity index (χ0n) is 16.6. The maximum atomic E-state index is 12.7. The number of nitrogens with one attached hydrogen (secondary N) is 1. The first-order chi connectivity index (χ1) is 13.4. The largest absolute Gasteiger partial charge is 0.348 e. The van der Waals surface area contributed by atoms with Gasteiger partial charge in [0.15, 0.2) is 0 Å². The van der Waals surface area contributed by atoms with E-state index in [0.29, 0.717) is 5.92 Å². The molecule has 1 aliphatic rings. The molecule has 2 atom stereocenters. The molecular weight excluding hydrogens is 461 g/mol. The topological polar surface area (TPSA) is 57.8 Å². The average Bonchev–Trinajstić information content (AvgIpc) is 2.95. The molecule has 1 aromatic heterocycles. The van der Waals surface area contributed by atoms with E-state index in [4.69, 9.17) is 0 Å². The maximum Gasteiger partial charge on any atom is 0.262 e. The Kier molecular flexibility index (Phi) is 6.61. The molecule has 1 N–H and O–H groups in total. The van der Waals surface area contributed by atoms with E-state index in [1.54, 1.807) is 6.08 Å². The van der Waals surface area contributed by atoms with Crippen molar-refractivity contribution in [3.8, 4) is 11.8 Å². The minimum absolute atomic E-state index is 0.164. The van der Waals surface area contributed by atoms with Gasteiger partial charge in [0, 0.05) is 26.7 Å². The van der Waals surface area contributed by atoms with Crippen molar-refractivity contribution >= 4 is 34.6 Å². The highest BCUT2D eigenvalue weighted by molar-refractivity contribution is 14.1. The Morgan fingerprint density at radius 2 is 1.93 bits per heavy atom. The lowest BCUT2D eigenvalue weighted by Crippen LogP contribution is -2.41. The summed E-state index contributed by atoms with van der Waals surface area (Å²) in [6, 6.07) is 12.6. The Bertz CT molecular complexity index is 934. The summed E-state index contributed by atoms with van der Waals surface area (Å²) < 4.78 is 3.34. The van der Waals surface area contributed by atoms with Gasteiger partial charge in [-0.1, -0.05) is 19.8 Å². The van der Waals surface area contributed by atoms with E-state index in [1.807, 2.05) is 19.9 Å². The number of benzene rings is 1. The fraction of sp³-hybridized carbons (Fsp3) is 0.391. The molecule has 3 rings (SSSR count). The van der Waals surface area contributed by atoms with Crippen LogP contribution >= 0.6 is 22.6 Å². The van der Waals surface area contributed by atoms with Crippen molar-refractivity contribution in [3.05, 3.63) is 56.4 Å².